The van der Waals surface area contributed by atoms with E-state index in [0.29, 0.717) is 18.2 Å². The molecule has 4 rings (SSSR count). The van der Waals surface area contributed by atoms with Gasteiger partial charge in [0.25, 0.3) is 5.91 Å². The third-order valence-electron chi connectivity index (χ3n) is 5.39. The highest BCUT2D eigenvalue weighted by Gasteiger charge is 2.18. The number of imidazole rings is 1. The van der Waals surface area contributed by atoms with Gasteiger partial charge in [-0.3, -0.25) is 4.79 Å². The summed E-state index contributed by atoms with van der Waals surface area (Å²) in [5.74, 6) is 0.698. The van der Waals surface area contributed by atoms with E-state index in [1.54, 1.807) is 7.11 Å². The molecule has 0 aliphatic heterocycles. The Balaban J connectivity index is 1.47. The van der Waals surface area contributed by atoms with E-state index in [0.717, 1.165) is 22.3 Å². The molecule has 0 radical (unpaired) electrons. The van der Waals surface area contributed by atoms with Crippen molar-refractivity contribution in [1.29, 1.82) is 0 Å². The van der Waals surface area contributed by atoms with Crippen molar-refractivity contribution in [2.45, 2.75) is 44.7 Å². The molecule has 1 N–H and O–H groups in total. The van der Waals surface area contributed by atoms with Crippen molar-refractivity contribution >= 4 is 16.9 Å². The van der Waals surface area contributed by atoms with E-state index in [-0.39, 0.29) is 5.91 Å². The summed E-state index contributed by atoms with van der Waals surface area (Å²) in [5.41, 5.74) is 3.64. The topological polar surface area (TPSA) is 56.1 Å². The highest BCUT2D eigenvalue weighted by molar-refractivity contribution is 5.97. The average Bonchev–Trinajstić information content (AvgIpc) is 3.16. The minimum absolute atomic E-state index is 0.0908. The number of hydrogen-bond acceptors (Lipinski definition) is 3. The van der Waals surface area contributed by atoms with Gasteiger partial charge in [0.05, 0.1) is 24.5 Å². The molecule has 0 saturated heterocycles. The monoisotopic (exact) mass is 363 g/mol. The summed E-state index contributed by atoms with van der Waals surface area (Å²) in [6.45, 7) is 0.463. The Morgan fingerprint density at radius 1 is 1.19 bits per heavy atom. The molecule has 1 saturated carbocycles. The van der Waals surface area contributed by atoms with E-state index >= 15 is 0 Å². The number of carbonyl (C=O) groups is 1. The van der Waals surface area contributed by atoms with Crippen LogP contribution in [0.25, 0.3) is 11.0 Å². The first-order valence-corrected chi connectivity index (χ1v) is 9.62. The Morgan fingerprint density at radius 2 is 2.04 bits per heavy atom. The minimum Gasteiger partial charge on any atom is -0.497 e. The van der Waals surface area contributed by atoms with Crippen LogP contribution < -0.4 is 10.1 Å². The number of methoxy groups -OCH3 is 1. The number of carbonyl (C=O) groups excluding carboxylic acids is 1. The SMILES string of the molecule is COc1cccc(CNC(=O)c2ccc3c(c2)ncn3C2CCCCC2)c1. The van der Waals surface area contributed by atoms with Crippen LogP contribution in [0.5, 0.6) is 5.75 Å². The number of fused-ring (bicyclic) bond motifs is 1. The largest absolute Gasteiger partial charge is 0.497 e. The Morgan fingerprint density at radius 3 is 2.85 bits per heavy atom. The van der Waals surface area contributed by atoms with Gasteiger partial charge in [-0.05, 0) is 48.7 Å². The maximum absolute atomic E-state index is 12.5. The molecule has 0 bridgehead atoms. The van der Waals surface area contributed by atoms with Crippen LogP contribution in [0.1, 0.15) is 54.1 Å². The normalized spacial score (nSPS) is 15.0. The molecule has 1 heterocycles. The van der Waals surface area contributed by atoms with Crippen LogP contribution in [0.4, 0.5) is 0 Å². The predicted molar refractivity (Wildman–Crippen MR) is 106 cm³/mol. The van der Waals surface area contributed by atoms with Crippen LogP contribution in [-0.4, -0.2) is 22.6 Å². The lowest BCUT2D eigenvalue weighted by atomic mass is 9.95. The number of nitrogens with one attached hydrogen (secondary N) is 1. The van der Waals surface area contributed by atoms with Crippen LogP contribution in [0.3, 0.4) is 0 Å². The van der Waals surface area contributed by atoms with Crippen LogP contribution in [0.15, 0.2) is 48.8 Å². The number of ether oxygens (including phenoxy) is 1. The van der Waals surface area contributed by atoms with Crippen molar-refractivity contribution in [2.24, 2.45) is 0 Å². The maximum Gasteiger partial charge on any atom is 0.251 e. The van der Waals surface area contributed by atoms with Crippen molar-refractivity contribution in [3.63, 3.8) is 0 Å². The molecule has 0 atom stereocenters. The summed E-state index contributed by atoms with van der Waals surface area (Å²) in [7, 11) is 1.64. The third-order valence-corrected chi connectivity index (χ3v) is 5.39. The molecular weight excluding hydrogens is 338 g/mol. The van der Waals surface area contributed by atoms with Crippen LogP contribution in [0.2, 0.25) is 0 Å². The zero-order chi connectivity index (χ0) is 18.6. The first kappa shape index (κ1) is 17.6. The van der Waals surface area contributed by atoms with Gasteiger partial charge in [-0.25, -0.2) is 4.98 Å². The highest BCUT2D eigenvalue weighted by Crippen LogP contribution is 2.30. The Bertz CT molecular complexity index is 942. The second kappa shape index (κ2) is 7.82. The quantitative estimate of drug-likeness (QED) is 0.727. The van der Waals surface area contributed by atoms with Gasteiger partial charge in [0.1, 0.15) is 5.75 Å². The lowest BCUT2D eigenvalue weighted by Gasteiger charge is -2.23. The van der Waals surface area contributed by atoms with Crippen molar-refractivity contribution in [1.82, 2.24) is 14.9 Å². The molecule has 2 aromatic carbocycles. The first-order chi connectivity index (χ1) is 13.2. The zero-order valence-corrected chi connectivity index (χ0v) is 15.6. The summed E-state index contributed by atoms with van der Waals surface area (Å²) in [4.78, 5) is 17.1. The van der Waals surface area contributed by atoms with E-state index in [2.05, 4.69) is 14.9 Å². The number of amides is 1. The zero-order valence-electron chi connectivity index (χ0n) is 15.6. The fraction of sp³-hybridized carbons (Fsp3) is 0.364. The predicted octanol–water partition coefficient (Wildman–Crippen LogP) is 4.48. The van der Waals surface area contributed by atoms with E-state index in [1.165, 1.54) is 32.1 Å². The minimum atomic E-state index is -0.0908. The van der Waals surface area contributed by atoms with Gasteiger partial charge in [0.15, 0.2) is 0 Å². The van der Waals surface area contributed by atoms with Gasteiger partial charge >= 0.3 is 0 Å². The summed E-state index contributed by atoms with van der Waals surface area (Å²) in [5, 5.41) is 2.97. The number of nitrogens with zero attached hydrogens (tertiary/aromatic N) is 2. The second-order valence-electron chi connectivity index (χ2n) is 7.18. The second-order valence-corrected chi connectivity index (χ2v) is 7.18. The standard InChI is InChI=1S/C22H25N3O2/c1-27-19-9-5-6-16(12-19)14-23-22(26)17-10-11-21-20(13-17)24-15-25(21)18-7-3-2-4-8-18/h5-6,9-13,15,18H,2-4,7-8,14H2,1H3,(H,23,26). The Kier molecular flexibility index (Phi) is 5.10. The van der Waals surface area contributed by atoms with Crippen molar-refractivity contribution in [3.8, 4) is 5.75 Å². The number of rotatable bonds is 5. The van der Waals surface area contributed by atoms with Gasteiger partial charge in [0, 0.05) is 18.2 Å². The third kappa shape index (κ3) is 3.82. The molecule has 1 amide bonds. The van der Waals surface area contributed by atoms with E-state index in [4.69, 9.17) is 4.74 Å². The van der Waals surface area contributed by atoms with Crippen molar-refractivity contribution in [2.75, 3.05) is 7.11 Å². The molecule has 3 aromatic rings. The smallest absolute Gasteiger partial charge is 0.251 e. The van der Waals surface area contributed by atoms with Gasteiger partial charge in [-0.2, -0.15) is 0 Å². The molecule has 0 spiro atoms. The summed E-state index contributed by atoms with van der Waals surface area (Å²) >= 11 is 0. The average molecular weight is 363 g/mol. The Hall–Kier alpha value is -2.82. The van der Waals surface area contributed by atoms with E-state index < -0.39 is 0 Å². The van der Waals surface area contributed by atoms with Crippen molar-refractivity contribution < 1.29 is 9.53 Å². The van der Waals surface area contributed by atoms with Crippen LogP contribution >= 0.6 is 0 Å². The van der Waals surface area contributed by atoms with Crippen molar-refractivity contribution in [3.05, 3.63) is 59.9 Å². The fourth-order valence-electron chi connectivity index (χ4n) is 3.89. The summed E-state index contributed by atoms with van der Waals surface area (Å²) < 4.78 is 7.51. The maximum atomic E-state index is 12.5. The first-order valence-electron chi connectivity index (χ1n) is 9.62. The van der Waals surface area contributed by atoms with Crippen LogP contribution in [-0.2, 0) is 6.54 Å². The lowest BCUT2D eigenvalue weighted by Crippen LogP contribution is -2.22. The molecule has 27 heavy (non-hydrogen) atoms. The Labute approximate surface area is 159 Å². The fourth-order valence-corrected chi connectivity index (χ4v) is 3.89. The molecule has 140 valence electrons. The molecule has 0 unspecified atom stereocenters. The highest BCUT2D eigenvalue weighted by atomic mass is 16.5. The number of hydrogen-bond donors (Lipinski definition) is 1. The van der Waals surface area contributed by atoms with Gasteiger partial charge < -0.3 is 14.6 Å². The van der Waals surface area contributed by atoms with E-state index in [9.17, 15) is 4.79 Å². The van der Waals surface area contributed by atoms with Crippen LogP contribution in [0, 0.1) is 0 Å². The molecule has 1 fully saturated rings. The molecule has 5 nitrogen and oxygen atoms in total. The lowest BCUT2D eigenvalue weighted by molar-refractivity contribution is 0.0951. The molecule has 5 heteroatoms. The molecule has 1 aliphatic rings. The molecular formula is C22H25N3O2. The van der Waals surface area contributed by atoms with Gasteiger partial charge in [-0.15, -0.1) is 0 Å². The number of aromatic nitrogens is 2. The summed E-state index contributed by atoms with van der Waals surface area (Å²) in [6.07, 6.45) is 8.27. The van der Waals surface area contributed by atoms with E-state index in [1.807, 2.05) is 48.8 Å². The molecule has 1 aromatic heterocycles. The van der Waals surface area contributed by atoms with Gasteiger partial charge in [-0.1, -0.05) is 31.4 Å². The number of benzene rings is 2. The summed E-state index contributed by atoms with van der Waals surface area (Å²) in [6, 6.07) is 14.0. The molecule has 1 aliphatic carbocycles. The van der Waals surface area contributed by atoms with Gasteiger partial charge in [0.2, 0.25) is 0 Å².